The number of pyridine rings is 1. The minimum absolute atomic E-state index is 0.0314. The van der Waals surface area contributed by atoms with Crippen molar-refractivity contribution in [3.63, 3.8) is 0 Å². The molecule has 0 bridgehead atoms. The van der Waals surface area contributed by atoms with Gasteiger partial charge in [0.25, 0.3) is 11.5 Å². The third kappa shape index (κ3) is 4.86. The predicted octanol–water partition coefficient (Wildman–Crippen LogP) is 3.60. The Kier molecular flexibility index (Phi) is 6.04. The van der Waals surface area contributed by atoms with Crippen LogP contribution in [0, 0.1) is 0 Å². The summed E-state index contributed by atoms with van der Waals surface area (Å²) in [5.41, 5.74) is -0.594. The molecule has 0 radical (unpaired) electrons. The first-order valence-corrected chi connectivity index (χ1v) is 9.91. The predicted molar refractivity (Wildman–Crippen MR) is 111 cm³/mol. The van der Waals surface area contributed by atoms with Gasteiger partial charge in [-0.15, -0.1) is 0 Å². The Bertz CT molecular complexity index is 1160. The van der Waals surface area contributed by atoms with Gasteiger partial charge in [-0.2, -0.15) is 13.2 Å². The third-order valence-electron chi connectivity index (χ3n) is 5.03. The summed E-state index contributed by atoms with van der Waals surface area (Å²) >= 11 is 0. The molecule has 1 aliphatic rings. The topological polar surface area (TPSA) is 76.7 Å². The van der Waals surface area contributed by atoms with Gasteiger partial charge in [0.05, 0.1) is 36.7 Å². The monoisotopic (exact) mass is 447 g/mol. The molecule has 0 spiro atoms. The molecule has 1 amide bonds. The first-order valence-electron chi connectivity index (χ1n) is 9.91. The number of halogens is 3. The van der Waals surface area contributed by atoms with Gasteiger partial charge >= 0.3 is 6.18 Å². The number of rotatable bonds is 5. The lowest BCUT2D eigenvalue weighted by molar-refractivity contribution is -0.137. The number of ether oxygens (including phenoxy) is 1. The molecule has 0 atom stereocenters. The highest BCUT2D eigenvalue weighted by atomic mass is 19.4. The molecular weight excluding hydrogens is 427 g/mol. The van der Waals surface area contributed by atoms with E-state index in [-0.39, 0.29) is 23.6 Å². The molecule has 1 aliphatic heterocycles. The largest absolute Gasteiger partial charge is 0.454 e. The Morgan fingerprint density at radius 1 is 1.06 bits per heavy atom. The van der Waals surface area contributed by atoms with E-state index in [1.165, 1.54) is 22.8 Å². The van der Waals surface area contributed by atoms with Crippen LogP contribution in [0.25, 0.3) is 0 Å². The highest BCUT2D eigenvalue weighted by Gasteiger charge is 2.32. The van der Waals surface area contributed by atoms with Gasteiger partial charge in [0.15, 0.2) is 5.76 Å². The van der Waals surface area contributed by atoms with Crippen molar-refractivity contribution in [2.75, 3.05) is 36.5 Å². The second kappa shape index (κ2) is 8.91. The van der Waals surface area contributed by atoms with E-state index in [9.17, 15) is 22.8 Å². The summed E-state index contributed by atoms with van der Waals surface area (Å²) < 4.78 is 52.0. The first-order chi connectivity index (χ1) is 15.3. The SMILES string of the molecule is O=C(Nc1cc(C(F)(F)F)ccc1N1CCOCC1)c1ccc(Cn2ccccc2=O)o1. The zero-order chi connectivity index (χ0) is 22.7. The van der Waals surface area contributed by atoms with E-state index in [1.54, 1.807) is 24.4 Å². The molecule has 3 heterocycles. The Labute approximate surface area is 181 Å². The molecule has 1 N–H and O–H groups in total. The maximum Gasteiger partial charge on any atom is 0.416 e. The molecule has 2 aromatic heterocycles. The third-order valence-corrected chi connectivity index (χ3v) is 5.03. The summed E-state index contributed by atoms with van der Waals surface area (Å²) in [5, 5.41) is 2.54. The van der Waals surface area contributed by atoms with Crippen LogP contribution in [-0.2, 0) is 17.5 Å². The Morgan fingerprint density at radius 2 is 1.84 bits per heavy atom. The number of aromatic nitrogens is 1. The lowest BCUT2D eigenvalue weighted by Gasteiger charge is -2.30. The van der Waals surface area contributed by atoms with Crippen LogP contribution in [0.5, 0.6) is 0 Å². The summed E-state index contributed by atoms with van der Waals surface area (Å²) in [6.07, 6.45) is -2.97. The van der Waals surface area contributed by atoms with E-state index in [2.05, 4.69) is 5.32 Å². The van der Waals surface area contributed by atoms with Crippen LogP contribution < -0.4 is 15.8 Å². The van der Waals surface area contributed by atoms with Gasteiger partial charge in [0, 0.05) is 25.4 Å². The molecule has 4 rings (SSSR count). The molecule has 3 aromatic rings. The molecule has 32 heavy (non-hydrogen) atoms. The number of benzene rings is 1. The van der Waals surface area contributed by atoms with E-state index >= 15 is 0 Å². The summed E-state index contributed by atoms with van der Waals surface area (Å²) in [6, 6.07) is 10.9. The van der Waals surface area contributed by atoms with Gasteiger partial charge in [-0.25, -0.2) is 0 Å². The van der Waals surface area contributed by atoms with Crippen molar-refractivity contribution in [2.24, 2.45) is 0 Å². The van der Waals surface area contributed by atoms with Gasteiger partial charge in [-0.1, -0.05) is 6.07 Å². The van der Waals surface area contributed by atoms with Crippen molar-refractivity contribution >= 4 is 17.3 Å². The number of carbonyl (C=O) groups excluding carboxylic acids is 1. The van der Waals surface area contributed by atoms with Gasteiger partial charge in [-0.05, 0) is 36.4 Å². The number of nitrogens with zero attached hydrogens (tertiary/aromatic N) is 2. The minimum atomic E-state index is -4.55. The smallest absolute Gasteiger partial charge is 0.416 e. The number of anilines is 2. The van der Waals surface area contributed by atoms with Crippen molar-refractivity contribution < 1.29 is 27.1 Å². The van der Waals surface area contributed by atoms with E-state index in [0.717, 1.165) is 12.1 Å². The maximum atomic E-state index is 13.3. The Balaban J connectivity index is 1.57. The molecule has 1 fully saturated rings. The summed E-state index contributed by atoms with van der Waals surface area (Å²) in [7, 11) is 0. The molecule has 7 nitrogen and oxygen atoms in total. The van der Waals surface area contributed by atoms with Gasteiger partial charge in [-0.3, -0.25) is 9.59 Å². The fraction of sp³-hybridized carbons (Fsp3) is 0.273. The molecule has 0 aliphatic carbocycles. The average Bonchev–Trinajstić information content (AvgIpc) is 3.24. The van der Waals surface area contributed by atoms with Crippen LogP contribution in [0.1, 0.15) is 21.9 Å². The zero-order valence-corrected chi connectivity index (χ0v) is 16.9. The van der Waals surface area contributed by atoms with E-state index in [0.29, 0.717) is 37.8 Å². The fourth-order valence-corrected chi connectivity index (χ4v) is 3.42. The molecular formula is C22H20F3N3O4. The lowest BCUT2D eigenvalue weighted by Crippen LogP contribution is -2.36. The van der Waals surface area contributed by atoms with Gasteiger partial charge in [0.1, 0.15) is 5.76 Å². The maximum absolute atomic E-state index is 13.3. The van der Waals surface area contributed by atoms with Crippen molar-refractivity contribution in [2.45, 2.75) is 12.7 Å². The second-order valence-corrected chi connectivity index (χ2v) is 7.22. The number of alkyl halides is 3. The Hall–Kier alpha value is -3.53. The molecule has 10 heteroatoms. The van der Waals surface area contributed by atoms with Crippen molar-refractivity contribution in [3.8, 4) is 0 Å². The second-order valence-electron chi connectivity index (χ2n) is 7.22. The van der Waals surface area contributed by atoms with E-state index in [1.807, 2.05) is 4.90 Å². The Morgan fingerprint density at radius 3 is 2.56 bits per heavy atom. The molecule has 1 aromatic carbocycles. The number of hydrogen-bond acceptors (Lipinski definition) is 5. The van der Waals surface area contributed by atoms with Crippen LogP contribution in [-0.4, -0.2) is 36.8 Å². The van der Waals surface area contributed by atoms with Crippen LogP contribution in [0.2, 0.25) is 0 Å². The van der Waals surface area contributed by atoms with Crippen LogP contribution >= 0.6 is 0 Å². The van der Waals surface area contributed by atoms with Crippen molar-refractivity contribution in [1.82, 2.24) is 4.57 Å². The molecule has 0 saturated carbocycles. The molecule has 0 unspecified atom stereocenters. The quantitative estimate of drug-likeness (QED) is 0.647. The number of carbonyl (C=O) groups is 1. The highest BCUT2D eigenvalue weighted by Crippen LogP contribution is 2.36. The van der Waals surface area contributed by atoms with E-state index in [4.69, 9.17) is 9.15 Å². The number of furan rings is 1. The summed E-state index contributed by atoms with van der Waals surface area (Å²) in [4.78, 5) is 26.4. The number of hydrogen-bond donors (Lipinski definition) is 1. The summed E-state index contributed by atoms with van der Waals surface area (Å²) in [6.45, 7) is 1.98. The van der Waals surface area contributed by atoms with Crippen LogP contribution in [0.15, 0.2) is 63.9 Å². The standard InChI is InChI=1S/C22H20F3N3O4/c23-22(24,25)15-4-6-18(27-9-11-31-12-10-27)17(13-15)26-21(30)19-7-5-16(32-19)14-28-8-2-1-3-20(28)29/h1-8,13H,9-12,14H2,(H,26,30). The van der Waals surface area contributed by atoms with Crippen LogP contribution in [0.4, 0.5) is 24.5 Å². The number of nitrogens with one attached hydrogen (secondary N) is 1. The number of amides is 1. The van der Waals surface area contributed by atoms with E-state index < -0.39 is 17.6 Å². The van der Waals surface area contributed by atoms with Crippen molar-refractivity contribution in [1.29, 1.82) is 0 Å². The first kappa shape index (κ1) is 21.7. The highest BCUT2D eigenvalue weighted by molar-refractivity contribution is 6.04. The summed E-state index contributed by atoms with van der Waals surface area (Å²) in [5.74, 6) is -0.402. The van der Waals surface area contributed by atoms with Crippen molar-refractivity contribution in [3.05, 3.63) is 82.2 Å². The molecule has 168 valence electrons. The lowest BCUT2D eigenvalue weighted by atomic mass is 10.1. The fourth-order valence-electron chi connectivity index (χ4n) is 3.42. The van der Waals surface area contributed by atoms with Gasteiger partial charge in [0.2, 0.25) is 0 Å². The van der Waals surface area contributed by atoms with Gasteiger partial charge < -0.3 is 23.9 Å². The zero-order valence-electron chi connectivity index (χ0n) is 16.9. The average molecular weight is 447 g/mol. The number of morpholine rings is 1. The van der Waals surface area contributed by atoms with Crippen LogP contribution in [0.3, 0.4) is 0 Å². The minimum Gasteiger partial charge on any atom is -0.454 e. The molecule has 1 saturated heterocycles. The normalized spacial score (nSPS) is 14.4.